The first-order valence-electron chi connectivity index (χ1n) is 16.2. The van der Waals surface area contributed by atoms with Crippen molar-refractivity contribution in [3.8, 4) is 0 Å². The van der Waals surface area contributed by atoms with E-state index in [2.05, 4.69) is 79.9 Å². The fraction of sp³-hybridized carbons (Fsp3) is 0.765. The van der Waals surface area contributed by atoms with Crippen LogP contribution in [0.15, 0.2) is 41.1 Å². The van der Waals surface area contributed by atoms with Gasteiger partial charge in [-0.25, -0.2) is 0 Å². The number of rotatable bonds is 12. The molecule has 4 aliphatic carbocycles. The molecule has 0 unspecified atom stereocenters. The van der Waals surface area contributed by atoms with Crippen molar-refractivity contribution in [2.75, 3.05) is 0 Å². The molecule has 0 aliphatic heterocycles. The third-order valence-corrected chi connectivity index (χ3v) is 24.8. The zero-order valence-corrected chi connectivity index (χ0v) is 35.0. The van der Waals surface area contributed by atoms with Crippen molar-refractivity contribution in [2.45, 2.75) is 167 Å². The Kier molecular flexibility index (Phi) is 13.8. The zero-order valence-electron chi connectivity index (χ0n) is 27.9. The average molecular weight is 804 g/mol. The molecule has 0 saturated heterocycles. The SMILES string of the molecule is CCCC(C)(C)[Si](C)(C)O[C@@H]1[C]([Hf+2][C]2=CC3=C(CCCC3)[C@H]2O[Si](C)(C)C(C)(C)CCC)=CC2=C1CCCC2.[Cl-].[Cl-]. The fourth-order valence-corrected chi connectivity index (χ4v) is 17.6. The van der Waals surface area contributed by atoms with E-state index >= 15 is 0 Å². The molecule has 0 radical (unpaired) electrons. The monoisotopic (exact) mass is 804 g/mol. The van der Waals surface area contributed by atoms with Gasteiger partial charge in [-0.05, 0) is 0 Å². The number of halogens is 2. The Morgan fingerprint density at radius 1 is 0.659 bits per heavy atom. The largest absolute Gasteiger partial charge is 1.00 e. The molecule has 2 atom stereocenters. The van der Waals surface area contributed by atoms with Crippen molar-refractivity contribution in [1.29, 1.82) is 0 Å². The van der Waals surface area contributed by atoms with Crippen LogP contribution in [0.25, 0.3) is 0 Å². The summed E-state index contributed by atoms with van der Waals surface area (Å²) in [6.07, 6.45) is 21.3. The van der Waals surface area contributed by atoms with E-state index in [1.807, 2.05) is 0 Å². The maximum Gasteiger partial charge on any atom is -1.00 e. The average Bonchev–Trinajstić information content (AvgIpc) is 3.36. The Morgan fingerprint density at radius 2 is 1.00 bits per heavy atom. The van der Waals surface area contributed by atoms with E-state index < -0.39 is 39.5 Å². The van der Waals surface area contributed by atoms with E-state index in [0.29, 0.717) is 0 Å². The molecule has 0 aromatic heterocycles. The molecule has 4 aliphatic rings. The molecule has 41 heavy (non-hydrogen) atoms. The van der Waals surface area contributed by atoms with Crippen LogP contribution in [-0.4, -0.2) is 28.8 Å². The maximum atomic E-state index is 7.44. The minimum absolute atomic E-state index is 0. The predicted molar refractivity (Wildman–Crippen MR) is 170 cm³/mol. The summed E-state index contributed by atoms with van der Waals surface area (Å²) in [5.41, 5.74) is 6.65. The van der Waals surface area contributed by atoms with Gasteiger partial charge in [0.25, 0.3) is 0 Å². The maximum absolute atomic E-state index is 7.44. The van der Waals surface area contributed by atoms with Gasteiger partial charge in [0.05, 0.1) is 0 Å². The van der Waals surface area contributed by atoms with Gasteiger partial charge < -0.3 is 24.8 Å². The van der Waals surface area contributed by atoms with Crippen molar-refractivity contribution >= 4 is 16.6 Å². The molecule has 4 rings (SSSR count). The first-order chi connectivity index (χ1) is 18.2. The van der Waals surface area contributed by atoms with E-state index in [9.17, 15) is 0 Å². The van der Waals surface area contributed by atoms with E-state index in [4.69, 9.17) is 8.85 Å². The van der Waals surface area contributed by atoms with Crippen molar-refractivity contribution in [2.24, 2.45) is 0 Å². The summed E-state index contributed by atoms with van der Waals surface area (Å²) in [4.78, 5) is 0. The molecule has 0 spiro atoms. The number of hydrogen-bond acceptors (Lipinski definition) is 2. The summed E-state index contributed by atoms with van der Waals surface area (Å²) >= 11 is -1.32. The topological polar surface area (TPSA) is 18.5 Å². The number of allylic oxidation sites excluding steroid dienone is 4. The third-order valence-electron chi connectivity index (χ3n) is 11.1. The van der Waals surface area contributed by atoms with Crippen LogP contribution in [0, 0.1) is 0 Å². The van der Waals surface area contributed by atoms with E-state index in [0.717, 1.165) is 0 Å². The van der Waals surface area contributed by atoms with Gasteiger partial charge in [-0.3, -0.25) is 0 Å². The van der Waals surface area contributed by atoms with Gasteiger partial charge in [0.2, 0.25) is 0 Å². The Balaban J connectivity index is 0.00000294. The van der Waals surface area contributed by atoms with E-state index in [1.165, 1.54) is 77.0 Å². The summed E-state index contributed by atoms with van der Waals surface area (Å²) < 4.78 is 18.3. The minimum Gasteiger partial charge on any atom is -1.00 e. The summed E-state index contributed by atoms with van der Waals surface area (Å²) in [5.74, 6) is 0. The summed E-state index contributed by atoms with van der Waals surface area (Å²) in [7, 11) is -3.82. The van der Waals surface area contributed by atoms with Gasteiger partial charge in [-0.15, -0.1) is 0 Å². The van der Waals surface area contributed by atoms with Crippen LogP contribution in [0.4, 0.5) is 0 Å². The molecule has 232 valence electrons. The first-order valence-corrected chi connectivity index (χ1v) is 25.6. The van der Waals surface area contributed by atoms with Crippen LogP contribution >= 0.6 is 0 Å². The second-order valence-electron chi connectivity index (χ2n) is 15.1. The normalized spacial score (nSPS) is 23.3. The minimum atomic E-state index is -1.91. The third kappa shape index (κ3) is 8.14. The molecule has 0 aromatic rings. The first kappa shape index (κ1) is 37.9. The second kappa shape index (κ2) is 14.9. The molecule has 0 N–H and O–H groups in total. The van der Waals surface area contributed by atoms with Crippen molar-refractivity contribution < 1.29 is 56.6 Å². The predicted octanol–water partition coefficient (Wildman–Crippen LogP) is 4.95. The second-order valence-corrected chi connectivity index (χ2v) is 29.4. The standard InChI is InChI=1S/2C17H29OSi.2ClH.Hf/c2*1-6-13-17(2,3)19(4,5)18-16-12-11-14-9-7-8-10-15(14)16;;;/h2*11,16H,6-10,13H2,1-5H3;2*1H;/q;;;;+2/p-2/t2*16-;;;/m10.../s1. The molecule has 0 amide bonds. The van der Waals surface area contributed by atoms with Gasteiger partial charge in [0, 0.05) is 0 Å². The Morgan fingerprint density at radius 3 is 1.34 bits per heavy atom. The van der Waals surface area contributed by atoms with Crippen molar-refractivity contribution in [3.63, 3.8) is 0 Å². The van der Waals surface area contributed by atoms with Crippen LogP contribution in [-0.2, 0) is 31.8 Å². The van der Waals surface area contributed by atoms with Crippen LogP contribution in [0.5, 0.6) is 0 Å². The van der Waals surface area contributed by atoms with Gasteiger partial charge >= 0.3 is 257 Å². The summed E-state index contributed by atoms with van der Waals surface area (Å²) in [5, 5.41) is 0.579. The number of hydrogen-bond donors (Lipinski definition) is 0. The molecule has 0 bridgehead atoms. The van der Waals surface area contributed by atoms with Crippen LogP contribution in [0.3, 0.4) is 0 Å². The van der Waals surface area contributed by atoms with E-state index in [-0.39, 0.29) is 47.1 Å². The van der Waals surface area contributed by atoms with Crippen molar-refractivity contribution in [1.82, 2.24) is 0 Å². The molecule has 2 nitrogen and oxygen atoms in total. The van der Waals surface area contributed by atoms with Crippen LogP contribution < -0.4 is 24.8 Å². The Bertz CT molecular complexity index is 973. The van der Waals surface area contributed by atoms with Gasteiger partial charge in [-0.2, -0.15) is 0 Å². The molecule has 0 saturated carbocycles. The molecular weight excluding hydrogens is 746 g/mol. The summed E-state index contributed by atoms with van der Waals surface area (Å²) in [6, 6.07) is 0. The Hall–Kier alpha value is 0.764. The molecular formula is C34H58Cl2HfO2Si2. The molecule has 0 fully saturated rings. The summed E-state index contributed by atoms with van der Waals surface area (Å²) in [6.45, 7) is 24.6. The zero-order chi connectivity index (χ0) is 28.6. The van der Waals surface area contributed by atoms with E-state index in [1.54, 1.807) is 29.0 Å². The van der Waals surface area contributed by atoms with Gasteiger partial charge in [0.1, 0.15) is 0 Å². The molecule has 0 heterocycles. The van der Waals surface area contributed by atoms with Gasteiger partial charge in [0.15, 0.2) is 0 Å². The molecule has 0 aromatic carbocycles. The quantitative estimate of drug-likeness (QED) is 0.260. The van der Waals surface area contributed by atoms with Gasteiger partial charge in [-0.1, -0.05) is 0 Å². The van der Waals surface area contributed by atoms with Crippen molar-refractivity contribution in [3.05, 3.63) is 41.1 Å². The Labute approximate surface area is 279 Å². The smallest absolute Gasteiger partial charge is 1.00 e. The van der Waals surface area contributed by atoms with Crippen LogP contribution in [0.1, 0.15) is 119 Å². The molecule has 7 heteroatoms. The fourth-order valence-electron chi connectivity index (χ4n) is 7.13. The van der Waals surface area contributed by atoms with Crippen LogP contribution in [0.2, 0.25) is 36.3 Å².